The predicted octanol–water partition coefficient (Wildman–Crippen LogP) is 3.78. The number of hydrogen-bond acceptors (Lipinski definition) is 6. The van der Waals surface area contributed by atoms with Gasteiger partial charge in [-0.3, -0.25) is 0 Å². The molecular formula is C17H14F6N4O3S. The first-order valence-corrected chi connectivity index (χ1v) is 10.2. The number of halogens is 6. The molecule has 0 unspecified atom stereocenters. The number of fused-ring (bicyclic) bond motifs is 1. The summed E-state index contributed by atoms with van der Waals surface area (Å²) in [7, 11) is -2.60. The van der Waals surface area contributed by atoms with Crippen molar-refractivity contribution in [1.82, 2.24) is 19.5 Å². The Kier molecular flexibility index (Phi) is 5.63. The fraction of sp³-hybridized carbons (Fsp3) is 0.353. The van der Waals surface area contributed by atoms with Crippen molar-refractivity contribution in [2.24, 2.45) is 7.05 Å². The summed E-state index contributed by atoms with van der Waals surface area (Å²) in [6.45, 7) is -0.339. The maximum absolute atomic E-state index is 12.9. The summed E-state index contributed by atoms with van der Waals surface area (Å²) in [5.41, 5.74) is -1.37. The Morgan fingerprint density at radius 2 is 1.74 bits per heavy atom. The van der Waals surface area contributed by atoms with Gasteiger partial charge in [-0.2, -0.15) is 26.3 Å². The Bertz CT molecular complexity index is 1240. The van der Waals surface area contributed by atoms with Crippen LogP contribution in [0.5, 0.6) is 5.75 Å². The summed E-state index contributed by atoms with van der Waals surface area (Å²) in [6, 6.07) is 1.58. The van der Waals surface area contributed by atoms with Gasteiger partial charge in [-0.25, -0.2) is 23.4 Å². The van der Waals surface area contributed by atoms with E-state index in [0.29, 0.717) is 6.07 Å². The molecule has 31 heavy (non-hydrogen) atoms. The van der Waals surface area contributed by atoms with E-state index >= 15 is 0 Å². The molecule has 0 aliphatic heterocycles. The molecule has 0 N–H and O–H groups in total. The van der Waals surface area contributed by atoms with Crippen LogP contribution in [0.3, 0.4) is 0 Å². The molecule has 0 aromatic carbocycles. The average Bonchev–Trinajstić information content (AvgIpc) is 3.01. The van der Waals surface area contributed by atoms with Gasteiger partial charge in [0.1, 0.15) is 22.0 Å². The van der Waals surface area contributed by atoms with E-state index in [-0.39, 0.29) is 22.6 Å². The Hall–Kier alpha value is -2.90. The second-order valence-corrected chi connectivity index (χ2v) is 8.62. The average molecular weight is 468 g/mol. The summed E-state index contributed by atoms with van der Waals surface area (Å²) < 4.78 is 107. The van der Waals surface area contributed by atoms with Gasteiger partial charge in [-0.15, -0.1) is 0 Å². The van der Waals surface area contributed by atoms with E-state index < -0.39 is 50.9 Å². The molecule has 0 saturated carbocycles. The van der Waals surface area contributed by atoms with E-state index in [9.17, 15) is 34.8 Å². The zero-order chi connectivity index (χ0) is 23.2. The Morgan fingerprint density at radius 3 is 2.32 bits per heavy atom. The fourth-order valence-corrected chi connectivity index (χ4v) is 3.73. The molecule has 0 bridgehead atoms. The van der Waals surface area contributed by atoms with E-state index in [1.807, 2.05) is 0 Å². The van der Waals surface area contributed by atoms with Crippen molar-refractivity contribution in [3.63, 3.8) is 0 Å². The van der Waals surface area contributed by atoms with Crippen LogP contribution >= 0.6 is 0 Å². The topological polar surface area (TPSA) is 87.0 Å². The molecule has 7 nitrogen and oxygen atoms in total. The van der Waals surface area contributed by atoms with Gasteiger partial charge in [-0.1, -0.05) is 6.92 Å². The SMILES string of the molecule is CCS(=O)(=O)c1cc(OCC(F)(F)F)cnc1-c1nc2cc(C(F)(F)F)ncc2n1C. The maximum Gasteiger partial charge on any atom is 0.433 e. The molecule has 168 valence electrons. The molecule has 0 radical (unpaired) electrons. The van der Waals surface area contributed by atoms with Gasteiger partial charge >= 0.3 is 12.4 Å². The van der Waals surface area contributed by atoms with Crippen molar-refractivity contribution in [1.29, 1.82) is 0 Å². The quantitative estimate of drug-likeness (QED) is 0.530. The van der Waals surface area contributed by atoms with Gasteiger partial charge in [0.2, 0.25) is 0 Å². The highest BCUT2D eigenvalue weighted by Crippen LogP contribution is 2.33. The van der Waals surface area contributed by atoms with Crippen LogP contribution in [0.4, 0.5) is 26.3 Å². The highest BCUT2D eigenvalue weighted by atomic mass is 32.2. The first kappa shape index (κ1) is 22.8. The van der Waals surface area contributed by atoms with Crippen LogP contribution in [0.25, 0.3) is 22.6 Å². The van der Waals surface area contributed by atoms with Crippen LogP contribution in [-0.2, 0) is 23.1 Å². The first-order chi connectivity index (χ1) is 14.2. The first-order valence-electron chi connectivity index (χ1n) is 8.55. The number of hydrogen-bond donors (Lipinski definition) is 0. The summed E-state index contributed by atoms with van der Waals surface area (Å²) in [6.07, 6.45) is -7.54. The van der Waals surface area contributed by atoms with Gasteiger partial charge in [0.25, 0.3) is 0 Å². The predicted molar refractivity (Wildman–Crippen MR) is 96.0 cm³/mol. The van der Waals surface area contributed by atoms with Crippen molar-refractivity contribution in [3.05, 3.63) is 30.2 Å². The molecule has 0 fully saturated rings. The molecule has 0 saturated heterocycles. The summed E-state index contributed by atoms with van der Waals surface area (Å²) in [5.74, 6) is -0.952. The second kappa shape index (κ2) is 7.66. The molecule has 14 heteroatoms. The van der Waals surface area contributed by atoms with Gasteiger partial charge in [0, 0.05) is 13.1 Å². The van der Waals surface area contributed by atoms with Gasteiger partial charge in [0.05, 0.1) is 29.2 Å². The van der Waals surface area contributed by atoms with E-state index in [1.165, 1.54) is 18.5 Å². The van der Waals surface area contributed by atoms with Gasteiger partial charge in [0.15, 0.2) is 22.3 Å². The number of imidazole rings is 1. The zero-order valence-electron chi connectivity index (χ0n) is 15.9. The molecule has 0 aliphatic rings. The van der Waals surface area contributed by atoms with Gasteiger partial charge in [-0.05, 0) is 6.07 Å². The highest BCUT2D eigenvalue weighted by molar-refractivity contribution is 7.91. The third-order valence-electron chi connectivity index (χ3n) is 4.21. The smallest absolute Gasteiger partial charge is 0.433 e. The van der Waals surface area contributed by atoms with Crippen molar-refractivity contribution in [2.75, 3.05) is 12.4 Å². The van der Waals surface area contributed by atoms with Crippen LogP contribution in [0.15, 0.2) is 29.4 Å². The number of ether oxygens (including phenoxy) is 1. The maximum atomic E-state index is 12.9. The fourth-order valence-electron chi connectivity index (χ4n) is 2.69. The lowest BCUT2D eigenvalue weighted by Gasteiger charge is -2.13. The normalized spacial score (nSPS) is 13.0. The van der Waals surface area contributed by atoms with Crippen LogP contribution in [0.1, 0.15) is 12.6 Å². The zero-order valence-corrected chi connectivity index (χ0v) is 16.7. The number of aromatic nitrogens is 4. The Morgan fingerprint density at radius 1 is 1.06 bits per heavy atom. The molecule has 3 heterocycles. The summed E-state index contributed by atoms with van der Waals surface area (Å²) in [4.78, 5) is 10.8. The van der Waals surface area contributed by atoms with E-state index in [0.717, 1.165) is 18.5 Å². The molecule has 3 rings (SSSR count). The third-order valence-corrected chi connectivity index (χ3v) is 5.96. The molecule has 0 atom stereocenters. The van der Waals surface area contributed by atoms with E-state index in [4.69, 9.17) is 0 Å². The van der Waals surface area contributed by atoms with E-state index in [2.05, 4.69) is 19.7 Å². The molecule has 0 spiro atoms. The van der Waals surface area contributed by atoms with Crippen molar-refractivity contribution in [2.45, 2.75) is 24.2 Å². The monoisotopic (exact) mass is 468 g/mol. The van der Waals surface area contributed by atoms with Crippen LogP contribution in [0, 0.1) is 0 Å². The molecule has 3 aromatic rings. The summed E-state index contributed by atoms with van der Waals surface area (Å²) >= 11 is 0. The number of rotatable bonds is 5. The molecule has 0 amide bonds. The number of sulfone groups is 1. The lowest BCUT2D eigenvalue weighted by atomic mass is 10.3. The lowest BCUT2D eigenvalue weighted by Crippen LogP contribution is -2.19. The number of alkyl halides is 6. The molecular weight excluding hydrogens is 454 g/mol. The van der Waals surface area contributed by atoms with Crippen molar-refractivity contribution >= 4 is 20.9 Å². The molecule has 0 aliphatic carbocycles. The van der Waals surface area contributed by atoms with Gasteiger partial charge < -0.3 is 9.30 Å². The van der Waals surface area contributed by atoms with Crippen molar-refractivity contribution < 1.29 is 39.5 Å². The highest BCUT2D eigenvalue weighted by Gasteiger charge is 2.33. The minimum atomic E-state index is -4.71. The van der Waals surface area contributed by atoms with Crippen LogP contribution in [-0.4, -0.2) is 46.5 Å². The van der Waals surface area contributed by atoms with Crippen LogP contribution < -0.4 is 4.74 Å². The third kappa shape index (κ3) is 4.73. The van der Waals surface area contributed by atoms with Crippen LogP contribution in [0.2, 0.25) is 0 Å². The Balaban J connectivity index is 2.17. The standard InChI is InChI=1S/C17H14F6N4O3S/c1-3-31(28,29)12-4-9(30-8-16(18,19)20)6-25-14(12)15-26-10-5-13(17(21,22)23)24-7-11(10)27(15)2/h4-7H,3,8H2,1-2H3. The Labute approximate surface area is 171 Å². The second-order valence-electron chi connectivity index (χ2n) is 6.38. The minimum Gasteiger partial charge on any atom is -0.482 e. The number of pyridine rings is 2. The minimum absolute atomic E-state index is 0.106. The largest absolute Gasteiger partial charge is 0.482 e. The number of nitrogens with zero attached hydrogens (tertiary/aromatic N) is 4. The number of aryl methyl sites for hydroxylation is 1. The lowest BCUT2D eigenvalue weighted by molar-refractivity contribution is -0.153. The summed E-state index contributed by atoms with van der Waals surface area (Å²) in [5, 5.41) is 0. The van der Waals surface area contributed by atoms with Crippen molar-refractivity contribution in [3.8, 4) is 17.3 Å². The molecule has 3 aromatic heterocycles. The van der Waals surface area contributed by atoms with E-state index in [1.54, 1.807) is 0 Å².